The van der Waals surface area contributed by atoms with E-state index in [2.05, 4.69) is 0 Å². The van der Waals surface area contributed by atoms with Gasteiger partial charge in [-0.15, -0.1) is 0 Å². The third kappa shape index (κ3) is 14.5. The fourth-order valence-electron chi connectivity index (χ4n) is 4.11. The van der Waals surface area contributed by atoms with Gasteiger partial charge in [-0.25, -0.2) is 0 Å². The van der Waals surface area contributed by atoms with E-state index in [4.69, 9.17) is 0 Å². The molecule has 215 valence electrons. The Hall–Kier alpha value is -2.06. The van der Waals surface area contributed by atoms with Gasteiger partial charge in [0, 0.05) is 0 Å². The van der Waals surface area contributed by atoms with Gasteiger partial charge in [-0.05, 0) is 0 Å². The van der Waals surface area contributed by atoms with Crippen LogP contribution >= 0.6 is 0 Å². The monoisotopic (exact) mass is 569 g/mol. The van der Waals surface area contributed by atoms with E-state index in [9.17, 15) is 44.1 Å². The van der Waals surface area contributed by atoms with Crippen LogP contribution in [0.4, 0.5) is 0 Å². The average molecular weight is 569 g/mol. The molecule has 0 fully saturated rings. The van der Waals surface area contributed by atoms with E-state index in [1.807, 2.05) is 0 Å². The van der Waals surface area contributed by atoms with Crippen molar-refractivity contribution in [2.75, 3.05) is 0 Å². The second kappa shape index (κ2) is 20.0. The standard InChI is InChI=1S/3C9H15O3.Fe/c3*1-3-5-6-7(9(11)12)8(10)4-2;/h3*7H,1,3-6H2,2H3,(H,11,12);. The zero-order valence-electron chi connectivity index (χ0n) is 22.5. The molecule has 0 saturated carbocycles. The van der Waals surface area contributed by atoms with Crippen molar-refractivity contribution in [2.24, 2.45) is 17.8 Å². The minimum absolute atomic E-state index is 0.195. The molecule has 0 aliphatic carbocycles. The summed E-state index contributed by atoms with van der Waals surface area (Å²) in [4.78, 5) is 69.7. The topological polar surface area (TPSA) is 163 Å². The van der Waals surface area contributed by atoms with Crippen molar-refractivity contribution in [3.63, 3.8) is 0 Å². The van der Waals surface area contributed by atoms with Gasteiger partial charge in [0.05, 0.1) is 0 Å². The Kier molecular flexibility index (Phi) is 18.9. The van der Waals surface area contributed by atoms with Crippen molar-refractivity contribution in [1.82, 2.24) is 0 Å². The first kappa shape index (κ1) is 34.9. The van der Waals surface area contributed by atoms with Crippen LogP contribution in [-0.2, 0) is 42.7 Å². The van der Waals surface area contributed by atoms with Gasteiger partial charge in [0.15, 0.2) is 0 Å². The van der Waals surface area contributed by atoms with E-state index < -0.39 is 49.6 Å². The van der Waals surface area contributed by atoms with Gasteiger partial charge in [0.1, 0.15) is 0 Å². The number of carbonyl (C=O) groups is 6. The van der Waals surface area contributed by atoms with Crippen LogP contribution in [0, 0.1) is 17.8 Å². The average Bonchev–Trinajstić information content (AvgIpc) is 2.85. The van der Waals surface area contributed by atoms with E-state index >= 15 is 0 Å². The van der Waals surface area contributed by atoms with Gasteiger partial charge in [-0.1, -0.05) is 0 Å². The molecular weight excluding hydrogens is 524 g/mol. The Morgan fingerprint density at radius 1 is 0.486 bits per heavy atom. The number of unbranched alkanes of at least 4 members (excludes halogenated alkanes) is 3. The van der Waals surface area contributed by atoms with Gasteiger partial charge >= 0.3 is 225 Å². The Balaban J connectivity index is 4.88. The molecule has 37 heavy (non-hydrogen) atoms. The molecule has 0 aliphatic heterocycles. The van der Waals surface area contributed by atoms with Crippen molar-refractivity contribution in [3.8, 4) is 0 Å². The van der Waals surface area contributed by atoms with Gasteiger partial charge in [-0.2, -0.15) is 0 Å². The summed E-state index contributed by atoms with van der Waals surface area (Å²) >= 11 is -0.662. The number of ketones is 3. The molecule has 3 unspecified atom stereocenters. The predicted octanol–water partition coefficient (Wildman–Crippen LogP) is 5.41. The molecule has 0 spiro atoms. The third-order valence-electron chi connectivity index (χ3n) is 6.46. The van der Waals surface area contributed by atoms with Crippen LogP contribution in [0.25, 0.3) is 0 Å². The third-order valence-corrected chi connectivity index (χ3v) is 9.97. The fraction of sp³-hybridized carbons (Fsp3) is 0.778. The van der Waals surface area contributed by atoms with Crippen LogP contribution in [0.2, 0.25) is 16.0 Å². The summed E-state index contributed by atoms with van der Waals surface area (Å²) in [7, 11) is 0. The van der Waals surface area contributed by atoms with E-state index in [0.29, 0.717) is 38.5 Å². The van der Waals surface area contributed by atoms with Gasteiger partial charge in [0.25, 0.3) is 0 Å². The first-order valence-electron chi connectivity index (χ1n) is 13.3. The Labute approximate surface area is 224 Å². The summed E-state index contributed by atoms with van der Waals surface area (Å²) in [5.74, 6) is -6.94. The molecule has 0 rings (SSSR count). The van der Waals surface area contributed by atoms with Crippen molar-refractivity contribution < 1.29 is 58.0 Å². The van der Waals surface area contributed by atoms with Crippen LogP contribution in [0.1, 0.15) is 97.8 Å². The SMILES string of the molecule is CCC(=O)C(CCC[CH2][Fe]([CH2]CCCC(C(=O)O)C(=O)CC)[CH2]CCCC(C(=O)O)C(=O)CC)C(=O)O. The Bertz CT molecular complexity index is 665. The van der Waals surface area contributed by atoms with E-state index in [1.165, 1.54) is 0 Å². The quantitative estimate of drug-likeness (QED) is 0.0783. The molecule has 0 aromatic heterocycles. The molecule has 0 bridgehead atoms. The fourth-order valence-corrected chi connectivity index (χ4v) is 7.42. The summed E-state index contributed by atoms with van der Waals surface area (Å²) in [6.07, 6.45) is 5.78. The summed E-state index contributed by atoms with van der Waals surface area (Å²) in [6.45, 7) is 4.97. The number of hydrogen-bond acceptors (Lipinski definition) is 6. The van der Waals surface area contributed by atoms with E-state index in [1.54, 1.807) is 20.8 Å². The van der Waals surface area contributed by atoms with Crippen LogP contribution in [0.3, 0.4) is 0 Å². The number of aliphatic carboxylic acids is 3. The number of carbonyl (C=O) groups excluding carboxylic acids is 3. The van der Waals surface area contributed by atoms with E-state index in [-0.39, 0.29) is 36.6 Å². The molecule has 3 atom stereocenters. The predicted molar refractivity (Wildman–Crippen MR) is 135 cm³/mol. The van der Waals surface area contributed by atoms with Crippen LogP contribution < -0.4 is 0 Å². The number of carboxylic acid groups (broad SMARTS) is 3. The molecule has 9 nitrogen and oxygen atoms in total. The van der Waals surface area contributed by atoms with E-state index in [0.717, 1.165) is 35.2 Å². The number of carboxylic acids is 3. The first-order valence-corrected chi connectivity index (χ1v) is 15.6. The molecule has 3 N–H and O–H groups in total. The normalized spacial score (nSPS) is 13.9. The number of rotatable bonds is 24. The maximum atomic E-state index is 11.9. The summed E-state index contributed by atoms with van der Waals surface area (Å²) in [5.41, 5.74) is 0. The molecule has 0 aromatic rings. The number of hydrogen-bond donors (Lipinski definition) is 3. The van der Waals surface area contributed by atoms with Gasteiger partial charge < -0.3 is 0 Å². The van der Waals surface area contributed by atoms with Gasteiger partial charge in [0.2, 0.25) is 0 Å². The maximum absolute atomic E-state index is 11.9. The second-order valence-corrected chi connectivity index (χ2v) is 12.5. The first-order chi connectivity index (χ1) is 17.5. The minimum atomic E-state index is -1.08. The molecule has 0 radical (unpaired) electrons. The molecule has 0 aromatic carbocycles. The molecular formula is C27H45FeO9. The molecule has 0 aliphatic rings. The van der Waals surface area contributed by atoms with Crippen molar-refractivity contribution >= 4 is 35.3 Å². The summed E-state index contributed by atoms with van der Waals surface area (Å²) < 4.78 is 0. The van der Waals surface area contributed by atoms with Crippen LogP contribution in [-0.4, -0.2) is 50.6 Å². The van der Waals surface area contributed by atoms with Gasteiger partial charge in [-0.3, -0.25) is 0 Å². The van der Waals surface area contributed by atoms with Crippen LogP contribution in [0.5, 0.6) is 0 Å². The van der Waals surface area contributed by atoms with Crippen molar-refractivity contribution in [2.45, 2.75) is 114 Å². The second-order valence-electron chi connectivity index (χ2n) is 9.18. The van der Waals surface area contributed by atoms with Crippen molar-refractivity contribution in [3.05, 3.63) is 0 Å². The summed E-state index contributed by atoms with van der Waals surface area (Å²) in [6, 6.07) is 0. The zero-order chi connectivity index (χ0) is 28.4. The molecule has 0 saturated heterocycles. The summed E-state index contributed by atoms with van der Waals surface area (Å²) in [5, 5.41) is 30.6. The number of Topliss-reactive ketones (excluding diaryl/α,β-unsaturated/α-hetero) is 3. The molecule has 0 heterocycles. The van der Waals surface area contributed by atoms with Crippen molar-refractivity contribution in [1.29, 1.82) is 0 Å². The van der Waals surface area contributed by atoms with Crippen LogP contribution in [0.15, 0.2) is 0 Å². The molecule has 10 heteroatoms. The Morgan fingerprint density at radius 2 is 0.730 bits per heavy atom. The zero-order valence-corrected chi connectivity index (χ0v) is 23.6. The molecule has 0 amide bonds. The Morgan fingerprint density at radius 3 is 0.919 bits per heavy atom.